The third-order valence-corrected chi connectivity index (χ3v) is 0.895. The summed E-state index contributed by atoms with van der Waals surface area (Å²) in [5.41, 5.74) is -0.320. The third kappa shape index (κ3) is 5.98. The van der Waals surface area contributed by atoms with Gasteiger partial charge in [-0.25, -0.2) is 4.39 Å². The first-order chi connectivity index (χ1) is 4.45. The Labute approximate surface area is 61.0 Å². The van der Waals surface area contributed by atoms with Crippen LogP contribution in [0.25, 0.3) is 0 Å². The van der Waals surface area contributed by atoms with Crippen molar-refractivity contribution < 1.29 is 14.2 Å². The predicted molar refractivity (Wildman–Crippen MR) is 37.7 cm³/mol. The van der Waals surface area contributed by atoms with Gasteiger partial charge in [-0.1, -0.05) is 0 Å². The van der Waals surface area contributed by atoms with Crippen molar-refractivity contribution in [1.82, 2.24) is 0 Å². The zero-order chi connectivity index (χ0) is 8.20. The molecule has 0 aliphatic carbocycles. The summed E-state index contributed by atoms with van der Waals surface area (Å²) in [6, 6.07) is 0. The van der Waals surface area contributed by atoms with Gasteiger partial charge < -0.3 is 9.84 Å². The Balaban J connectivity index is 3.36. The van der Waals surface area contributed by atoms with Crippen LogP contribution in [-0.4, -0.2) is 30.1 Å². The van der Waals surface area contributed by atoms with E-state index in [0.717, 1.165) is 0 Å². The van der Waals surface area contributed by atoms with Gasteiger partial charge in [-0.2, -0.15) is 0 Å². The molecule has 0 rings (SSSR count). The lowest BCUT2D eigenvalue weighted by Gasteiger charge is -2.20. The molecule has 0 aromatic heterocycles. The number of hydrogen-bond acceptors (Lipinski definition) is 2. The molecular formula is C7H15FO2. The highest BCUT2D eigenvalue weighted by molar-refractivity contribution is 4.61. The minimum Gasteiger partial charge on any atom is -0.393 e. The minimum absolute atomic E-state index is 0.0278. The topological polar surface area (TPSA) is 29.5 Å². The molecule has 0 aliphatic rings. The molecule has 0 spiro atoms. The van der Waals surface area contributed by atoms with Gasteiger partial charge in [0.05, 0.1) is 18.8 Å². The Morgan fingerprint density at radius 3 is 2.30 bits per heavy atom. The summed E-state index contributed by atoms with van der Waals surface area (Å²) in [6.45, 7) is 5.04. The highest BCUT2D eigenvalue weighted by Crippen LogP contribution is 2.07. The fourth-order valence-corrected chi connectivity index (χ4v) is 0.393. The summed E-state index contributed by atoms with van der Waals surface area (Å²) >= 11 is 0. The summed E-state index contributed by atoms with van der Waals surface area (Å²) in [6.07, 6.45) is -1.25. The molecule has 0 radical (unpaired) electrons. The van der Waals surface area contributed by atoms with E-state index in [0.29, 0.717) is 0 Å². The lowest BCUT2D eigenvalue weighted by molar-refractivity contribution is -0.0386. The van der Waals surface area contributed by atoms with E-state index in [9.17, 15) is 4.39 Å². The normalized spacial score (nSPS) is 15.3. The molecule has 0 saturated heterocycles. The molecule has 1 atom stereocenters. The molecule has 1 N–H and O–H groups in total. The van der Waals surface area contributed by atoms with Crippen molar-refractivity contribution in [1.29, 1.82) is 0 Å². The van der Waals surface area contributed by atoms with E-state index >= 15 is 0 Å². The van der Waals surface area contributed by atoms with Gasteiger partial charge in [0, 0.05) is 0 Å². The number of hydrogen-bond donors (Lipinski definition) is 1. The number of aliphatic hydroxyl groups excluding tert-OH is 1. The lowest BCUT2D eigenvalue weighted by Crippen LogP contribution is -2.25. The smallest absolute Gasteiger partial charge is 0.146 e. The molecule has 0 bridgehead atoms. The largest absolute Gasteiger partial charge is 0.393 e. The van der Waals surface area contributed by atoms with Crippen LogP contribution in [0.5, 0.6) is 0 Å². The van der Waals surface area contributed by atoms with E-state index in [1.165, 1.54) is 0 Å². The lowest BCUT2D eigenvalue weighted by atomic mass is 10.2. The molecule has 0 aliphatic heterocycles. The van der Waals surface area contributed by atoms with Gasteiger partial charge in [-0.15, -0.1) is 0 Å². The summed E-state index contributed by atoms with van der Waals surface area (Å²) < 4.78 is 17.3. The molecule has 2 nitrogen and oxygen atoms in total. The Bertz CT molecular complexity index is 88.1. The van der Waals surface area contributed by atoms with Crippen molar-refractivity contribution >= 4 is 0 Å². The monoisotopic (exact) mass is 150 g/mol. The van der Waals surface area contributed by atoms with Crippen LogP contribution in [0.3, 0.4) is 0 Å². The Hall–Kier alpha value is -0.150. The van der Waals surface area contributed by atoms with Crippen LogP contribution >= 0.6 is 0 Å². The average molecular weight is 150 g/mol. The van der Waals surface area contributed by atoms with Gasteiger partial charge in [0.2, 0.25) is 0 Å². The second-order valence-corrected chi connectivity index (χ2v) is 3.20. The van der Waals surface area contributed by atoms with Gasteiger partial charge in [-0.3, -0.25) is 0 Å². The van der Waals surface area contributed by atoms with Crippen molar-refractivity contribution in [2.75, 3.05) is 13.2 Å². The first-order valence-corrected chi connectivity index (χ1v) is 3.34. The van der Waals surface area contributed by atoms with Crippen LogP contribution in [0.1, 0.15) is 20.8 Å². The van der Waals surface area contributed by atoms with E-state index in [2.05, 4.69) is 0 Å². The van der Waals surface area contributed by atoms with Crippen molar-refractivity contribution in [3.63, 3.8) is 0 Å². The average Bonchev–Trinajstić information content (AvgIpc) is 1.81. The maximum atomic E-state index is 12.3. The number of halogens is 1. The minimum atomic E-state index is -1.25. The van der Waals surface area contributed by atoms with Gasteiger partial charge in [-0.05, 0) is 20.8 Å². The molecule has 0 aromatic carbocycles. The molecule has 1 unspecified atom stereocenters. The van der Waals surface area contributed by atoms with E-state index in [1.807, 2.05) is 20.8 Å². The number of rotatable bonds is 3. The molecular weight excluding hydrogens is 135 g/mol. The van der Waals surface area contributed by atoms with Crippen molar-refractivity contribution in [2.24, 2.45) is 0 Å². The van der Waals surface area contributed by atoms with Gasteiger partial charge in [0.1, 0.15) is 6.17 Å². The summed E-state index contributed by atoms with van der Waals surface area (Å²) in [7, 11) is 0. The second-order valence-electron chi connectivity index (χ2n) is 3.20. The Morgan fingerprint density at radius 1 is 1.50 bits per heavy atom. The van der Waals surface area contributed by atoms with Crippen LogP contribution < -0.4 is 0 Å². The maximum absolute atomic E-state index is 12.3. The number of aliphatic hydroxyl groups is 1. The van der Waals surface area contributed by atoms with Crippen LogP contribution in [0, 0.1) is 0 Å². The molecule has 0 saturated carbocycles. The predicted octanol–water partition coefficient (Wildman–Crippen LogP) is 1.13. The third-order valence-electron chi connectivity index (χ3n) is 0.895. The van der Waals surface area contributed by atoms with Crippen molar-refractivity contribution in [3.05, 3.63) is 0 Å². The van der Waals surface area contributed by atoms with Crippen molar-refractivity contribution in [3.8, 4) is 0 Å². The second kappa shape index (κ2) is 3.88. The zero-order valence-electron chi connectivity index (χ0n) is 6.72. The fraction of sp³-hybridized carbons (Fsp3) is 1.00. The standard InChI is InChI=1S/C7H15FO2/c1-7(2,3)10-5-6(8)4-9/h6,9H,4-5H2,1-3H3. The first kappa shape index (κ1) is 9.85. The highest BCUT2D eigenvalue weighted by atomic mass is 19.1. The van der Waals surface area contributed by atoms with Gasteiger partial charge >= 0.3 is 0 Å². The van der Waals surface area contributed by atoms with Gasteiger partial charge in [0.15, 0.2) is 0 Å². The fourth-order valence-electron chi connectivity index (χ4n) is 0.393. The maximum Gasteiger partial charge on any atom is 0.146 e. The summed E-state index contributed by atoms with van der Waals surface area (Å²) in [5, 5.41) is 8.28. The first-order valence-electron chi connectivity index (χ1n) is 3.34. The number of alkyl halides is 1. The molecule has 62 valence electrons. The van der Waals surface area contributed by atoms with Crippen LogP contribution in [0.4, 0.5) is 4.39 Å². The molecule has 0 heterocycles. The molecule has 0 amide bonds. The molecule has 0 fully saturated rings. The van der Waals surface area contributed by atoms with Crippen molar-refractivity contribution in [2.45, 2.75) is 32.5 Å². The van der Waals surface area contributed by atoms with Crippen LogP contribution in [0.15, 0.2) is 0 Å². The van der Waals surface area contributed by atoms with E-state index in [4.69, 9.17) is 9.84 Å². The Morgan fingerprint density at radius 2 is 2.00 bits per heavy atom. The van der Waals surface area contributed by atoms with Gasteiger partial charge in [0.25, 0.3) is 0 Å². The molecule has 0 aromatic rings. The van der Waals surface area contributed by atoms with Crippen LogP contribution in [0.2, 0.25) is 0 Å². The summed E-state index contributed by atoms with van der Waals surface area (Å²) in [4.78, 5) is 0. The summed E-state index contributed by atoms with van der Waals surface area (Å²) in [5.74, 6) is 0. The Kier molecular flexibility index (Phi) is 3.83. The van der Waals surface area contributed by atoms with Crippen LogP contribution in [-0.2, 0) is 4.74 Å². The highest BCUT2D eigenvalue weighted by Gasteiger charge is 2.13. The molecule has 10 heavy (non-hydrogen) atoms. The van der Waals surface area contributed by atoms with E-state index < -0.39 is 12.8 Å². The molecule has 3 heteroatoms. The quantitative estimate of drug-likeness (QED) is 0.653. The van der Waals surface area contributed by atoms with E-state index in [1.54, 1.807) is 0 Å². The SMILES string of the molecule is CC(C)(C)OCC(F)CO. The zero-order valence-corrected chi connectivity index (χ0v) is 6.72. The van der Waals surface area contributed by atoms with E-state index in [-0.39, 0.29) is 12.2 Å². The number of ether oxygens (including phenoxy) is 1.